The number of phenols is 1. The van der Waals surface area contributed by atoms with E-state index in [-0.39, 0.29) is 71.4 Å². The number of benzene rings is 2. The highest BCUT2D eigenvalue weighted by atomic mass is 33.1. The molecular formula is C41H56N9O18P3S4. The second kappa shape index (κ2) is 29.7. The molecule has 2 amide bonds. The molecule has 1 aliphatic heterocycles. The van der Waals surface area contributed by atoms with Gasteiger partial charge in [-0.3, -0.25) is 28.5 Å². The van der Waals surface area contributed by atoms with Crippen molar-refractivity contribution in [3.05, 3.63) is 96.6 Å². The van der Waals surface area contributed by atoms with Crippen LogP contribution in [0.25, 0.3) is 10.4 Å². The second-order valence-corrected chi connectivity index (χ2v) is 27.7. The van der Waals surface area contributed by atoms with Gasteiger partial charge in [0.05, 0.1) is 18.4 Å². The van der Waals surface area contributed by atoms with Gasteiger partial charge >= 0.3 is 29.2 Å². The summed E-state index contributed by atoms with van der Waals surface area (Å²) in [5.74, 6) is 5.06. The molecule has 8 N–H and O–H groups in total. The maximum absolute atomic E-state index is 13.0. The Morgan fingerprint density at radius 3 is 2.37 bits per heavy atom. The number of rotatable bonds is 29. The summed E-state index contributed by atoms with van der Waals surface area (Å²) < 4.78 is 65.5. The van der Waals surface area contributed by atoms with Crippen LogP contribution in [0.3, 0.4) is 0 Å². The van der Waals surface area contributed by atoms with Crippen LogP contribution in [-0.4, -0.2) is 112 Å². The zero-order valence-electron chi connectivity index (χ0n) is 40.8. The number of azo groups is 1. The van der Waals surface area contributed by atoms with E-state index < -0.39 is 64.5 Å². The largest absolute Gasteiger partial charge is 0.506 e. The fraction of sp³-hybridized carbons (Fsp3) is 0.512. The molecule has 412 valence electrons. The number of aromatic amines is 1. The first-order valence-corrected chi connectivity index (χ1v) is 31.3. The monoisotopic (exact) mass is 1180 g/mol. The van der Waals surface area contributed by atoms with E-state index in [4.69, 9.17) is 34.1 Å². The molecule has 0 radical (unpaired) electrons. The molecule has 1 saturated heterocycles. The fourth-order valence-corrected chi connectivity index (χ4v) is 13.2. The van der Waals surface area contributed by atoms with Crippen molar-refractivity contribution in [3.8, 4) is 17.6 Å². The number of carbonyl (C=O) groups is 2. The molecule has 5 atom stereocenters. The lowest BCUT2D eigenvalue weighted by Gasteiger charge is -2.23. The third kappa shape index (κ3) is 24.5. The summed E-state index contributed by atoms with van der Waals surface area (Å²) in [6, 6.07) is 11.3. The number of nitrogens with one attached hydrogen (secondary N) is 3. The van der Waals surface area contributed by atoms with Crippen molar-refractivity contribution in [2.45, 2.75) is 88.2 Å². The van der Waals surface area contributed by atoms with Crippen LogP contribution in [0.15, 0.2) is 73.6 Å². The first-order valence-electron chi connectivity index (χ1n) is 22.1. The second-order valence-electron chi connectivity index (χ2n) is 17.2. The minimum atomic E-state index is -5.79. The number of phosphoric ester groups is 1. The maximum Gasteiger partial charge on any atom is 0.490 e. The number of aromatic nitrogens is 2. The van der Waals surface area contributed by atoms with Gasteiger partial charge in [0, 0.05) is 58.6 Å². The molecule has 1 aliphatic rings. The van der Waals surface area contributed by atoms with E-state index in [1.165, 1.54) is 49.2 Å². The normalized spacial score (nSPS) is 17.6. The third-order valence-electron chi connectivity index (χ3n) is 9.31. The molecule has 75 heavy (non-hydrogen) atoms. The van der Waals surface area contributed by atoms with Gasteiger partial charge in [0.2, 0.25) is 5.91 Å². The highest BCUT2D eigenvalue weighted by Gasteiger charge is 2.44. The number of azide groups is 1. The van der Waals surface area contributed by atoms with E-state index in [1.807, 2.05) is 34.6 Å². The summed E-state index contributed by atoms with van der Waals surface area (Å²) in [5.41, 5.74) is 8.32. The molecule has 0 spiro atoms. The molecule has 2 aromatic carbocycles. The van der Waals surface area contributed by atoms with Crippen LogP contribution in [0.2, 0.25) is 0 Å². The maximum atomic E-state index is 13.0. The summed E-state index contributed by atoms with van der Waals surface area (Å²) in [6.45, 7) is 9.73. The first kappa shape index (κ1) is 63.6. The molecule has 1 fully saturated rings. The lowest BCUT2D eigenvalue weighted by atomic mass is 10.1. The minimum absolute atomic E-state index is 0.0627. The lowest BCUT2D eigenvalue weighted by molar-refractivity contribution is -0.121. The Hall–Kier alpha value is -3.98. The van der Waals surface area contributed by atoms with Gasteiger partial charge in [-0.1, -0.05) is 87.0 Å². The number of phosphoric acid groups is 3. The van der Waals surface area contributed by atoms with Crippen LogP contribution in [0.5, 0.6) is 5.75 Å². The highest BCUT2D eigenvalue weighted by Crippen LogP contribution is 2.66. The van der Waals surface area contributed by atoms with Gasteiger partial charge in [-0.15, -0.1) is 5.11 Å². The molecule has 3 unspecified atom stereocenters. The zero-order valence-corrected chi connectivity index (χ0v) is 46.8. The van der Waals surface area contributed by atoms with Crippen molar-refractivity contribution in [1.29, 1.82) is 0 Å². The Labute approximate surface area is 445 Å². The Bertz CT molecular complexity index is 2850. The molecular weight excluding hydrogens is 1130 g/mol. The standard InChI is InChI=1S/C41H56N9O18P3S4/c1-40(2,3)74-73-26-64-33-21-36(66-34(33)23-65-70(59,60)68-71(61,62)67-69(56,57)58)50-22-29(38(54)46-39(50)55)8-7-19-63-25-72-75-41(4,5)24-44-37(53)28-11-13-30(14-12-28)47-48-31-15-10-27(20-32(31)51)16-18-43-35(52)9-6-17-45-49-42/h10-15,20,22,33-34,36,51H,6,9,16-19,21,23-26H2,1-5H3,(H,43,52)(H,44,53)(H,59,60)(H,61,62)(H,46,54,55)(H2,56,57,58)/t33?,34-,36-/m1/s1. The summed E-state index contributed by atoms with van der Waals surface area (Å²) in [5, 5.41) is 27.8. The topological polar surface area (TPSA) is 394 Å². The number of nitrogens with zero attached hydrogens (tertiary/aromatic N) is 6. The average molecular weight is 1180 g/mol. The number of phenolic OH excluding ortho intramolecular Hbond substituents is 1. The van der Waals surface area contributed by atoms with Gasteiger partial charge in [-0.2, -0.15) is 13.7 Å². The number of carbonyl (C=O) groups excluding carboxylic acids is 2. The predicted octanol–water partition coefficient (Wildman–Crippen LogP) is 7.48. The van der Waals surface area contributed by atoms with Crippen molar-refractivity contribution in [2.75, 3.05) is 44.7 Å². The van der Waals surface area contributed by atoms with E-state index in [1.54, 1.807) is 36.4 Å². The summed E-state index contributed by atoms with van der Waals surface area (Å²) in [4.78, 5) is 92.5. The number of hydrogen-bond acceptors (Lipinski definition) is 21. The van der Waals surface area contributed by atoms with Crippen LogP contribution in [0.1, 0.15) is 81.6 Å². The van der Waals surface area contributed by atoms with Crippen molar-refractivity contribution in [2.24, 2.45) is 15.3 Å². The van der Waals surface area contributed by atoms with Gasteiger partial charge in [0.25, 0.3) is 11.5 Å². The number of H-pyrrole nitrogens is 1. The van der Waals surface area contributed by atoms with Crippen LogP contribution in [0, 0.1) is 11.8 Å². The van der Waals surface area contributed by atoms with Gasteiger partial charge in [0.15, 0.2) is 0 Å². The van der Waals surface area contributed by atoms with E-state index in [9.17, 15) is 47.8 Å². The molecule has 1 aromatic heterocycles. The molecule has 0 aliphatic carbocycles. The Morgan fingerprint density at radius 1 is 0.973 bits per heavy atom. The van der Waals surface area contributed by atoms with Crippen LogP contribution < -0.4 is 21.9 Å². The molecule has 3 aromatic rings. The Kier molecular flexibility index (Phi) is 25.1. The van der Waals surface area contributed by atoms with Crippen molar-refractivity contribution in [3.63, 3.8) is 0 Å². The lowest BCUT2D eigenvalue weighted by Crippen LogP contribution is -2.35. The molecule has 2 heterocycles. The molecule has 4 rings (SSSR count). The van der Waals surface area contributed by atoms with Gasteiger partial charge in [0.1, 0.15) is 47.8 Å². The van der Waals surface area contributed by atoms with Crippen molar-refractivity contribution >= 4 is 89.8 Å². The summed E-state index contributed by atoms with van der Waals surface area (Å²) in [6.07, 6.45) is -1.05. The van der Waals surface area contributed by atoms with Crippen LogP contribution in [0.4, 0.5) is 11.4 Å². The van der Waals surface area contributed by atoms with Crippen LogP contribution >= 0.6 is 66.6 Å². The van der Waals surface area contributed by atoms with Gasteiger partial charge < -0.3 is 49.5 Å². The Morgan fingerprint density at radius 2 is 1.69 bits per heavy atom. The minimum Gasteiger partial charge on any atom is -0.506 e. The molecule has 34 heteroatoms. The van der Waals surface area contributed by atoms with Crippen molar-refractivity contribution < 1.29 is 75.3 Å². The number of amides is 2. The predicted molar refractivity (Wildman–Crippen MR) is 282 cm³/mol. The number of hydrogen-bond donors (Lipinski definition) is 8. The first-order chi connectivity index (χ1) is 35.1. The van der Waals surface area contributed by atoms with E-state index in [2.05, 4.69) is 56.3 Å². The fourth-order valence-electron chi connectivity index (χ4n) is 6.03. The zero-order chi connectivity index (χ0) is 55.5. The van der Waals surface area contributed by atoms with E-state index >= 15 is 0 Å². The van der Waals surface area contributed by atoms with Crippen molar-refractivity contribution in [1.82, 2.24) is 20.2 Å². The quantitative estimate of drug-likeness (QED) is 0.00488. The van der Waals surface area contributed by atoms with Gasteiger partial charge in [-0.05, 0) is 74.2 Å². The van der Waals surface area contributed by atoms with Crippen LogP contribution in [-0.2, 0) is 52.3 Å². The molecule has 27 nitrogen and oxygen atoms in total. The van der Waals surface area contributed by atoms with E-state index in [0.29, 0.717) is 37.2 Å². The molecule has 0 bridgehead atoms. The van der Waals surface area contributed by atoms with E-state index in [0.717, 1.165) is 16.3 Å². The number of ether oxygens (including phenoxy) is 3. The summed E-state index contributed by atoms with van der Waals surface area (Å²) >= 11 is 0. The highest BCUT2D eigenvalue weighted by molar-refractivity contribution is 8.77. The SMILES string of the molecule is CC(C)(C)SSCOC1C[C@H](n2cc(C#CCOCSSC(C)(C)CNC(=O)c3ccc(N=Nc4ccc(CCNC(=O)CCCN=[N+]=[N-])cc4O)cc3)c(=O)[nH]c2=O)O[C@@H]1COP(=O)(O)OP(=O)(O)OP(=O)(O)O. The van der Waals surface area contributed by atoms with Gasteiger partial charge in [-0.25, -0.2) is 18.5 Å². The third-order valence-corrected chi connectivity index (χ3v) is 19.1. The Balaban J connectivity index is 1.23. The smallest absolute Gasteiger partial charge is 0.490 e. The average Bonchev–Trinajstić information content (AvgIpc) is 3.71. The summed E-state index contributed by atoms with van der Waals surface area (Å²) in [7, 11) is -11.3. The molecule has 0 saturated carbocycles. The number of aromatic hydroxyl groups is 1.